The van der Waals surface area contributed by atoms with Gasteiger partial charge in [-0.2, -0.15) is 0 Å². The van der Waals surface area contributed by atoms with Crippen LogP contribution in [0.25, 0.3) is 0 Å². The van der Waals surface area contributed by atoms with Crippen molar-refractivity contribution in [2.45, 2.75) is 44.8 Å². The van der Waals surface area contributed by atoms with E-state index in [0.717, 1.165) is 24.8 Å². The molecular formula is C12H19N3O. The van der Waals surface area contributed by atoms with Crippen LogP contribution in [0.1, 0.15) is 37.8 Å². The third-order valence-corrected chi connectivity index (χ3v) is 2.91. The van der Waals surface area contributed by atoms with E-state index in [-0.39, 0.29) is 11.9 Å². The summed E-state index contributed by atoms with van der Waals surface area (Å²) in [5.74, 6) is 0.0923. The molecular weight excluding hydrogens is 202 g/mol. The molecule has 2 rings (SSSR count). The van der Waals surface area contributed by atoms with Crippen molar-refractivity contribution in [3.63, 3.8) is 0 Å². The number of nitrogens with two attached hydrogens (primary N) is 1. The third kappa shape index (κ3) is 2.85. The Hall–Kier alpha value is -1.29. The molecule has 3 N–H and O–H groups in total. The number of hydrogen-bond acceptors (Lipinski definition) is 2. The fraction of sp³-hybridized carbons (Fsp3) is 0.583. The lowest BCUT2D eigenvalue weighted by molar-refractivity contribution is -0.121. The van der Waals surface area contributed by atoms with E-state index in [1.165, 1.54) is 0 Å². The first-order valence-electron chi connectivity index (χ1n) is 5.89. The van der Waals surface area contributed by atoms with Crippen molar-refractivity contribution in [1.29, 1.82) is 0 Å². The second-order valence-electron chi connectivity index (χ2n) is 4.47. The zero-order chi connectivity index (χ0) is 11.5. The summed E-state index contributed by atoms with van der Waals surface area (Å²) in [6.45, 7) is 2.45. The van der Waals surface area contributed by atoms with Gasteiger partial charge in [-0.15, -0.1) is 0 Å². The summed E-state index contributed by atoms with van der Waals surface area (Å²) in [4.78, 5) is 11.5. The average molecular weight is 221 g/mol. The first-order valence-corrected chi connectivity index (χ1v) is 5.89. The minimum Gasteiger partial charge on any atom is -0.352 e. The summed E-state index contributed by atoms with van der Waals surface area (Å²) in [5, 5.41) is 2.96. The summed E-state index contributed by atoms with van der Waals surface area (Å²) < 4.78 is 1.89. The number of aromatic nitrogens is 1. The van der Waals surface area contributed by atoms with Crippen molar-refractivity contribution >= 4 is 5.91 Å². The SMILES string of the molecule is CCC(N)c1ccn(CC(=O)NC2CC2)c1. The first kappa shape index (κ1) is 11.2. The number of amides is 1. The Morgan fingerprint density at radius 2 is 2.44 bits per heavy atom. The molecule has 0 aliphatic heterocycles. The predicted octanol–water partition coefficient (Wildman–Crippen LogP) is 1.18. The molecule has 16 heavy (non-hydrogen) atoms. The maximum atomic E-state index is 11.5. The van der Waals surface area contributed by atoms with E-state index in [0.29, 0.717) is 12.6 Å². The molecule has 1 saturated carbocycles. The normalized spacial score (nSPS) is 17.1. The third-order valence-electron chi connectivity index (χ3n) is 2.91. The Morgan fingerprint density at radius 3 is 3.06 bits per heavy atom. The van der Waals surface area contributed by atoms with Crippen LogP contribution in [0, 0.1) is 0 Å². The van der Waals surface area contributed by atoms with Gasteiger partial charge in [-0.3, -0.25) is 4.79 Å². The van der Waals surface area contributed by atoms with Crippen LogP contribution in [0.15, 0.2) is 18.5 Å². The van der Waals surface area contributed by atoms with E-state index in [1.54, 1.807) is 0 Å². The van der Waals surface area contributed by atoms with Crippen molar-refractivity contribution in [2.24, 2.45) is 5.73 Å². The summed E-state index contributed by atoms with van der Waals surface area (Å²) in [7, 11) is 0. The second-order valence-corrected chi connectivity index (χ2v) is 4.47. The molecule has 1 unspecified atom stereocenters. The van der Waals surface area contributed by atoms with E-state index in [9.17, 15) is 4.79 Å². The van der Waals surface area contributed by atoms with Crippen LogP contribution in [0.4, 0.5) is 0 Å². The zero-order valence-electron chi connectivity index (χ0n) is 9.65. The van der Waals surface area contributed by atoms with Gasteiger partial charge in [-0.05, 0) is 30.9 Å². The number of rotatable bonds is 5. The van der Waals surface area contributed by atoms with Crippen LogP contribution in [-0.4, -0.2) is 16.5 Å². The van der Waals surface area contributed by atoms with Crippen LogP contribution in [0.2, 0.25) is 0 Å². The molecule has 1 amide bonds. The molecule has 0 aromatic carbocycles. The summed E-state index contributed by atoms with van der Waals surface area (Å²) >= 11 is 0. The molecule has 1 aliphatic rings. The Balaban J connectivity index is 1.88. The van der Waals surface area contributed by atoms with Crippen LogP contribution < -0.4 is 11.1 Å². The van der Waals surface area contributed by atoms with Gasteiger partial charge in [0, 0.05) is 24.5 Å². The fourth-order valence-corrected chi connectivity index (χ4v) is 1.68. The van der Waals surface area contributed by atoms with E-state index in [1.807, 2.05) is 23.0 Å². The highest BCUT2D eigenvalue weighted by atomic mass is 16.2. The van der Waals surface area contributed by atoms with Crippen LogP contribution in [0.5, 0.6) is 0 Å². The largest absolute Gasteiger partial charge is 0.352 e. The van der Waals surface area contributed by atoms with Gasteiger partial charge >= 0.3 is 0 Å². The van der Waals surface area contributed by atoms with E-state index in [4.69, 9.17) is 5.73 Å². The van der Waals surface area contributed by atoms with Crippen molar-refractivity contribution < 1.29 is 4.79 Å². The maximum Gasteiger partial charge on any atom is 0.240 e. The van der Waals surface area contributed by atoms with Gasteiger partial charge in [0.15, 0.2) is 0 Å². The standard InChI is InChI=1S/C12H19N3O/c1-2-11(13)9-5-6-15(7-9)8-12(16)14-10-3-4-10/h5-7,10-11H,2-4,8,13H2,1H3,(H,14,16). The highest BCUT2D eigenvalue weighted by Crippen LogP contribution is 2.18. The zero-order valence-corrected chi connectivity index (χ0v) is 9.65. The molecule has 1 fully saturated rings. The van der Waals surface area contributed by atoms with Crippen LogP contribution in [0.3, 0.4) is 0 Å². The van der Waals surface area contributed by atoms with Gasteiger partial charge in [-0.25, -0.2) is 0 Å². The van der Waals surface area contributed by atoms with E-state index < -0.39 is 0 Å². The fourth-order valence-electron chi connectivity index (χ4n) is 1.68. The number of carbonyl (C=O) groups excluding carboxylic acids is 1. The average Bonchev–Trinajstić information content (AvgIpc) is 2.94. The highest BCUT2D eigenvalue weighted by Gasteiger charge is 2.23. The minimum absolute atomic E-state index is 0.0766. The molecule has 0 spiro atoms. The second kappa shape index (κ2) is 4.70. The highest BCUT2D eigenvalue weighted by molar-refractivity contribution is 5.76. The Bertz CT molecular complexity index is 368. The number of carbonyl (C=O) groups is 1. The van der Waals surface area contributed by atoms with Crippen molar-refractivity contribution in [3.8, 4) is 0 Å². The molecule has 1 heterocycles. The van der Waals surface area contributed by atoms with Crippen molar-refractivity contribution in [2.75, 3.05) is 0 Å². The molecule has 0 bridgehead atoms. The lowest BCUT2D eigenvalue weighted by Gasteiger charge is -2.06. The smallest absolute Gasteiger partial charge is 0.240 e. The Kier molecular flexibility index (Phi) is 3.29. The lowest BCUT2D eigenvalue weighted by atomic mass is 10.1. The molecule has 1 atom stereocenters. The molecule has 1 aliphatic carbocycles. The molecule has 88 valence electrons. The first-order chi connectivity index (χ1) is 7.69. The van der Waals surface area contributed by atoms with E-state index >= 15 is 0 Å². The van der Waals surface area contributed by atoms with Crippen LogP contribution in [-0.2, 0) is 11.3 Å². The van der Waals surface area contributed by atoms with Gasteiger partial charge in [0.05, 0.1) is 0 Å². The molecule has 4 nitrogen and oxygen atoms in total. The minimum atomic E-state index is 0.0766. The monoisotopic (exact) mass is 221 g/mol. The number of nitrogens with one attached hydrogen (secondary N) is 1. The molecule has 1 aromatic heterocycles. The van der Waals surface area contributed by atoms with Gasteiger partial charge in [0.1, 0.15) is 6.54 Å². The van der Waals surface area contributed by atoms with Gasteiger partial charge < -0.3 is 15.6 Å². The topological polar surface area (TPSA) is 60.0 Å². The summed E-state index contributed by atoms with van der Waals surface area (Å²) in [6.07, 6.45) is 7.04. The lowest BCUT2D eigenvalue weighted by Crippen LogP contribution is -2.28. The van der Waals surface area contributed by atoms with Gasteiger partial charge in [0.2, 0.25) is 5.91 Å². The Labute approximate surface area is 95.8 Å². The van der Waals surface area contributed by atoms with Gasteiger partial charge in [0.25, 0.3) is 0 Å². The number of hydrogen-bond donors (Lipinski definition) is 2. The van der Waals surface area contributed by atoms with Crippen molar-refractivity contribution in [3.05, 3.63) is 24.0 Å². The van der Waals surface area contributed by atoms with Crippen LogP contribution >= 0.6 is 0 Å². The van der Waals surface area contributed by atoms with Crippen molar-refractivity contribution in [1.82, 2.24) is 9.88 Å². The van der Waals surface area contributed by atoms with Gasteiger partial charge in [-0.1, -0.05) is 6.92 Å². The summed E-state index contributed by atoms with van der Waals surface area (Å²) in [6, 6.07) is 2.49. The molecule has 4 heteroatoms. The maximum absolute atomic E-state index is 11.5. The van der Waals surface area contributed by atoms with E-state index in [2.05, 4.69) is 12.2 Å². The Morgan fingerprint density at radius 1 is 1.69 bits per heavy atom. The quantitative estimate of drug-likeness (QED) is 0.784. The molecule has 1 aromatic rings. The summed E-state index contributed by atoms with van der Waals surface area (Å²) in [5.41, 5.74) is 7.01. The molecule has 0 radical (unpaired) electrons. The number of nitrogens with zero attached hydrogens (tertiary/aromatic N) is 1. The molecule has 0 saturated heterocycles. The predicted molar refractivity (Wildman–Crippen MR) is 62.8 cm³/mol.